The van der Waals surface area contributed by atoms with Gasteiger partial charge in [-0.2, -0.15) is 5.10 Å². The van der Waals surface area contributed by atoms with Crippen molar-refractivity contribution in [2.45, 2.75) is 13.5 Å². The van der Waals surface area contributed by atoms with Crippen molar-refractivity contribution in [3.05, 3.63) is 39.6 Å². The van der Waals surface area contributed by atoms with Gasteiger partial charge >= 0.3 is 5.97 Å². The molecule has 2 N–H and O–H groups in total. The average Bonchev–Trinajstić information content (AvgIpc) is 2.69. The standard InChI is InChI=1S/C14H16BrN3O3/c1-8-13(15)10(18(2)17-8)7-21-14(19)12-9(16)5-4-6-11(12)20-3/h4-6H,7,16H2,1-3H3. The second-order valence-corrected chi connectivity index (χ2v) is 5.26. The number of halogens is 1. The maximum absolute atomic E-state index is 12.2. The summed E-state index contributed by atoms with van der Waals surface area (Å²) in [5.74, 6) is -0.143. The van der Waals surface area contributed by atoms with Gasteiger partial charge < -0.3 is 15.2 Å². The fraction of sp³-hybridized carbons (Fsp3) is 0.286. The van der Waals surface area contributed by atoms with E-state index in [1.54, 1.807) is 29.9 Å². The molecule has 0 atom stereocenters. The van der Waals surface area contributed by atoms with Gasteiger partial charge in [0, 0.05) is 12.7 Å². The number of aromatic nitrogens is 2. The second-order valence-electron chi connectivity index (χ2n) is 4.47. The van der Waals surface area contributed by atoms with E-state index in [1.807, 2.05) is 6.92 Å². The van der Waals surface area contributed by atoms with Crippen LogP contribution in [0.1, 0.15) is 21.7 Å². The van der Waals surface area contributed by atoms with E-state index in [4.69, 9.17) is 15.2 Å². The summed E-state index contributed by atoms with van der Waals surface area (Å²) in [7, 11) is 3.27. The molecule has 6 nitrogen and oxygen atoms in total. The number of nitrogens with two attached hydrogens (primary N) is 1. The van der Waals surface area contributed by atoms with Crippen LogP contribution in [0.15, 0.2) is 22.7 Å². The topological polar surface area (TPSA) is 79.4 Å². The summed E-state index contributed by atoms with van der Waals surface area (Å²) in [6.07, 6.45) is 0. The zero-order valence-corrected chi connectivity index (χ0v) is 13.6. The number of hydrogen-bond acceptors (Lipinski definition) is 5. The summed E-state index contributed by atoms with van der Waals surface area (Å²) in [5, 5.41) is 4.24. The monoisotopic (exact) mass is 353 g/mol. The van der Waals surface area contributed by atoms with Gasteiger partial charge in [0.05, 0.1) is 23.0 Å². The zero-order chi connectivity index (χ0) is 15.6. The lowest BCUT2D eigenvalue weighted by molar-refractivity contribution is 0.0460. The van der Waals surface area contributed by atoms with E-state index in [1.165, 1.54) is 7.11 Å². The molecule has 0 fully saturated rings. The Labute approximate surface area is 131 Å². The molecule has 7 heteroatoms. The van der Waals surface area contributed by atoms with Gasteiger partial charge in [-0.05, 0) is 35.0 Å². The second kappa shape index (κ2) is 6.17. The number of esters is 1. The maximum atomic E-state index is 12.2. The van der Waals surface area contributed by atoms with E-state index in [2.05, 4.69) is 21.0 Å². The average molecular weight is 354 g/mol. The number of aryl methyl sites for hydroxylation is 2. The Bertz CT molecular complexity index is 682. The summed E-state index contributed by atoms with van der Waals surface area (Å²) < 4.78 is 13.0. The van der Waals surface area contributed by atoms with E-state index in [0.29, 0.717) is 11.4 Å². The highest BCUT2D eigenvalue weighted by Gasteiger charge is 2.19. The van der Waals surface area contributed by atoms with E-state index in [9.17, 15) is 4.79 Å². The third kappa shape index (κ3) is 3.02. The Morgan fingerprint density at radius 2 is 2.19 bits per heavy atom. The van der Waals surface area contributed by atoms with Crippen LogP contribution in [0, 0.1) is 6.92 Å². The van der Waals surface area contributed by atoms with Crippen LogP contribution in [0.3, 0.4) is 0 Å². The van der Waals surface area contributed by atoms with Gasteiger partial charge in [0.25, 0.3) is 0 Å². The van der Waals surface area contributed by atoms with E-state index in [-0.39, 0.29) is 12.2 Å². The van der Waals surface area contributed by atoms with Crippen LogP contribution in [0.25, 0.3) is 0 Å². The smallest absolute Gasteiger partial charge is 0.344 e. The van der Waals surface area contributed by atoms with Gasteiger partial charge in [-0.1, -0.05) is 6.07 Å². The maximum Gasteiger partial charge on any atom is 0.344 e. The molecule has 0 aliphatic carbocycles. The number of benzene rings is 1. The largest absolute Gasteiger partial charge is 0.496 e. The van der Waals surface area contributed by atoms with Gasteiger partial charge in [0.15, 0.2) is 0 Å². The molecule has 2 rings (SSSR count). The number of nitrogen functional groups attached to an aromatic ring is 1. The number of carbonyl (C=O) groups excluding carboxylic acids is 1. The van der Waals surface area contributed by atoms with Crippen molar-refractivity contribution in [3.63, 3.8) is 0 Å². The Morgan fingerprint density at radius 1 is 1.48 bits per heavy atom. The molecule has 0 unspecified atom stereocenters. The molecule has 0 spiro atoms. The van der Waals surface area contributed by atoms with E-state index < -0.39 is 5.97 Å². The summed E-state index contributed by atoms with van der Waals surface area (Å²) >= 11 is 3.43. The SMILES string of the molecule is COc1cccc(N)c1C(=O)OCc1c(Br)c(C)nn1C. The number of carbonyl (C=O) groups is 1. The Hall–Kier alpha value is -2.02. The minimum Gasteiger partial charge on any atom is -0.496 e. The molecule has 0 radical (unpaired) electrons. The number of rotatable bonds is 4. The first-order valence-corrected chi connectivity index (χ1v) is 7.02. The van der Waals surface area contributed by atoms with Crippen molar-refractivity contribution in [3.8, 4) is 5.75 Å². The van der Waals surface area contributed by atoms with Crippen LogP contribution in [0.5, 0.6) is 5.75 Å². The first-order valence-electron chi connectivity index (χ1n) is 6.23. The van der Waals surface area contributed by atoms with Crippen molar-refractivity contribution in [2.75, 3.05) is 12.8 Å². The predicted molar refractivity (Wildman–Crippen MR) is 82.2 cm³/mol. The highest BCUT2D eigenvalue weighted by molar-refractivity contribution is 9.10. The lowest BCUT2D eigenvalue weighted by atomic mass is 10.1. The first-order chi connectivity index (χ1) is 9.95. The third-order valence-corrected chi connectivity index (χ3v) is 4.12. The molecule has 0 bridgehead atoms. The molecule has 0 saturated heterocycles. The highest BCUT2D eigenvalue weighted by atomic mass is 79.9. The molecule has 0 saturated carbocycles. The fourth-order valence-corrected chi connectivity index (χ4v) is 2.43. The molecule has 112 valence electrons. The Morgan fingerprint density at radius 3 is 2.76 bits per heavy atom. The van der Waals surface area contributed by atoms with Gasteiger partial charge in [-0.3, -0.25) is 4.68 Å². The predicted octanol–water partition coefficient (Wildman–Crippen LogP) is 2.44. The van der Waals surface area contributed by atoms with Gasteiger partial charge in [0.1, 0.15) is 17.9 Å². The summed E-state index contributed by atoms with van der Waals surface area (Å²) in [4.78, 5) is 12.2. The number of anilines is 1. The summed E-state index contributed by atoms with van der Waals surface area (Å²) in [6.45, 7) is 1.96. The van der Waals surface area contributed by atoms with Crippen LogP contribution < -0.4 is 10.5 Å². The van der Waals surface area contributed by atoms with Crippen molar-refractivity contribution in [1.29, 1.82) is 0 Å². The van der Waals surface area contributed by atoms with Crippen molar-refractivity contribution >= 4 is 27.6 Å². The number of hydrogen-bond donors (Lipinski definition) is 1. The van der Waals surface area contributed by atoms with Crippen LogP contribution in [-0.4, -0.2) is 22.9 Å². The molecular formula is C14H16BrN3O3. The van der Waals surface area contributed by atoms with Crippen LogP contribution in [0.2, 0.25) is 0 Å². The molecular weight excluding hydrogens is 338 g/mol. The zero-order valence-electron chi connectivity index (χ0n) is 12.0. The van der Waals surface area contributed by atoms with Crippen LogP contribution in [-0.2, 0) is 18.4 Å². The van der Waals surface area contributed by atoms with Crippen molar-refractivity contribution in [1.82, 2.24) is 9.78 Å². The lowest BCUT2D eigenvalue weighted by Gasteiger charge is -2.11. The molecule has 0 amide bonds. The van der Waals surface area contributed by atoms with Gasteiger partial charge in [-0.15, -0.1) is 0 Å². The number of nitrogens with zero attached hydrogens (tertiary/aromatic N) is 2. The van der Waals surface area contributed by atoms with E-state index in [0.717, 1.165) is 15.9 Å². The Balaban J connectivity index is 2.20. The van der Waals surface area contributed by atoms with Crippen molar-refractivity contribution < 1.29 is 14.3 Å². The van der Waals surface area contributed by atoms with Crippen molar-refractivity contribution in [2.24, 2.45) is 7.05 Å². The molecule has 21 heavy (non-hydrogen) atoms. The molecule has 1 aromatic heterocycles. The molecule has 0 aliphatic rings. The number of methoxy groups -OCH3 is 1. The Kier molecular flexibility index (Phi) is 4.52. The van der Waals surface area contributed by atoms with E-state index >= 15 is 0 Å². The lowest BCUT2D eigenvalue weighted by Crippen LogP contribution is -2.11. The molecule has 0 aliphatic heterocycles. The summed E-state index contributed by atoms with van der Waals surface area (Å²) in [6, 6.07) is 5.01. The molecule has 1 aromatic carbocycles. The first kappa shape index (κ1) is 15.4. The number of ether oxygens (including phenoxy) is 2. The summed E-state index contributed by atoms with van der Waals surface area (Å²) in [5.41, 5.74) is 7.98. The quantitative estimate of drug-likeness (QED) is 0.674. The van der Waals surface area contributed by atoms with Gasteiger partial charge in [0.2, 0.25) is 0 Å². The minimum absolute atomic E-state index is 0.0915. The van der Waals surface area contributed by atoms with Crippen LogP contribution in [0.4, 0.5) is 5.69 Å². The normalized spacial score (nSPS) is 10.5. The van der Waals surface area contributed by atoms with Gasteiger partial charge in [-0.25, -0.2) is 4.79 Å². The minimum atomic E-state index is -0.532. The molecule has 2 aromatic rings. The molecule has 1 heterocycles. The van der Waals surface area contributed by atoms with Crippen LogP contribution >= 0.6 is 15.9 Å². The third-order valence-electron chi connectivity index (χ3n) is 3.08. The highest BCUT2D eigenvalue weighted by Crippen LogP contribution is 2.26. The fourth-order valence-electron chi connectivity index (χ4n) is 1.98.